The number of carbonyl (C=O) groups excluding carboxylic acids is 1. The maximum Gasteiger partial charge on any atom is 0.472 e. The van der Waals surface area contributed by atoms with Crippen molar-refractivity contribution in [1.29, 1.82) is 0 Å². The highest BCUT2D eigenvalue weighted by Gasteiger charge is 2.27. The van der Waals surface area contributed by atoms with Crippen LogP contribution in [0, 0.1) is 0 Å². The number of allylic oxidation sites excluding steroid dienone is 8. The van der Waals surface area contributed by atoms with Crippen molar-refractivity contribution in [3.63, 3.8) is 0 Å². The van der Waals surface area contributed by atoms with Crippen LogP contribution in [0.1, 0.15) is 206 Å². The standard InChI is InChI=1S/C48H88NO9P/c1-3-5-7-9-11-13-15-17-19-20-21-22-23-24-25-27-29-31-33-35-37-39-41-55-42-45(43-56-59(53,54)57-44-46(49)48(51)52)58-47(50)40-38-36-34-32-30-28-26-18-16-14-12-10-8-6-4-2/h6,8,12,14,18,20-21,26,45-46H,3-5,7,9-11,13,15-17,19,22-25,27-44,49H2,1-2H3,(H,51,52)(H,53,54)/b8-6-,14-12-,21-20-,26-18-. The Morgan fingerprint density at radius 1 is 0.559 bits per heavy atom. The fraction of sp³-hybridized carbons (Fsp3) is 0.792. The third kappa shape index (κ3) is 43.8. The highest BCUT2D eigenvalue weighted by molar-refractivity contribution is 7.47. The van der Waals surface area contributed by atoms with Gasteiger partial charge in [0.2, 0.25) is 0 Å². The average molecular weight is 854 g/mol. The number of hydrogen-bond donors (Lipinski definition) is 3. The van der Waals surface area contributed by atoms with E-state index in [-0.39, 0.29) is 13.0 Å². The Morgan fingerprint density at radius 3 is 1.49 bits per heavy atom. The molecule has 0 rings (SSSR count). The number of rotatable bonds is 45. The zero-order chi connectivity index (χ0) is 43.3. The SMILES string of the molecule is CC/C=C\C/C=C\C/C=C\CCCCCCCC(=O)OC(COCCCCCCCCCCCC/C=C\CCCCCCCCCC)COP(=O)(O)OCC(N)C(=O)O. The summed E-state index contributed by atoms with van der Waals surface area (Å²) in [5.41, 5.74) is 5.36. The van der Waals surface area contributed by atoms with Crippen molar-refractivity contribution in [1.82, 2.24) is 0 Å². The Hall–Kier alpha value is -2.07. The second kappa shape index (κ2) is 44.0. The molecule has 3 atom stereocenters. The van der Waals surface area contributed by atoms with Gasteiger partial charge in [0.1, 0.15) is 12.1 Å². The van der Waals surface area contributed by atoms with Gasteiger partial charge in [-0.15, -0.1) is 0 Å². The number of carboxylic acids is 1. The Balaban J connectivity index is 4.16. The van der Waals surface area contributed by atoms with Gasteiger partial charge in [-0.2, -0.15) is 0 Å². The lowest BCUT2D eigenvalue weighted by Gasteiger charge is -2.20. The number of ether oxygens (including phenoxy) is 2. The van der Waals surface area contributed by atoms with Crippen LogP contribution in [0.5, 0.6) is 0 Å². The molecule has 10 nitrogen and oxygen atoms in total. The summed E-state index contributed by atoms with van der Waals surface area (Å²) in [5.74, 6) is -1.80. The third-order valence-electron chi connectivity index (χ3n) is 10.1. The van der Waals surface area contributed by atoms with Crippen molar-refractivity contribution in [2.75, 3.05) is 26.4 Å². The van der Waals surface area contributed by atoms with E-state index in [1.54, 1.807) is 0 Å². The summed E-state index contributed by atoms with van der Waals surface area (Å²) in [7, 11) is -4.62. The fourth-order valence-corrected chi connectivity index (χ4v) is 7.22. The molecule has 0 saturated carbocycles. The molecule has 0 fully saturated rings. The molecule has 4 N–H and O–H groups in total. The van der Waals surface area contributed by atoms with Crippen molar-refractivity contribution in [3.05, 3.63) is 48.6 Å². The molecule has 59 heavy (non-hydrogen) atoms. The smallest absolute Gasteiger partial charge is 0.472 e. The molecule has 3 unspecified atom stereocenters. The zero-order valence-corrected chi connectivity index (χ0v) is 38.5. The molecular formula is C48H88NO9P. The minimum Gasteiger partial charge on any atom is -0.480 e. The molecule has 11 heteroatoms. The van der Waals surface area contributed by atoms with Crippen LogP contribution < -0.4 is 5.73 Å². The van der Waals surface area contributed by atoms with E-state index in [9.17, 15) is 19.0 Å². The van der Waals surface area contributed by atoms with Gasteiger partial charge in [-0.25, -0.2) is 4.57 Å². The molecule has 0 heterocycles. The summed E-state index contributed by atoms with van der Waals surface area (Å²) in [4.78, 5) is 33.6. The fourth-order valence-electron chi connectivity index (χ4n) is 6.44. The highest BCUT2D eigenvalue weighted by Crippen LogP contribution is 2.43. The van der Waals surface area contributed by atoms with Gasteiger partial charge in [0, 0.05) is 13.0 Å². The summed E-state index contributed by atoms with van der Waals surface area (Å²) in [6, 6.07) is -1.48. The predicted molar refractivity (Wildman–Crippen MR) is 244 cm³/mol. The molecule has 0 aliphatic heterocycles. The molecule has 0 aromatic heterocycles. The van der Waals surface area contributed by atoms with Crippen molar-refractivity contribution in [2.24, 2.45) is 5.73 Å². The van der Waals surface area contributed by atoms with Crippen LogP contribution in [0.4, 0.5) is 0 Å². The minimum atomic E-state index is -4.62. The summed E-state index contributed by atoms with van der Waals surface area (Å²) in [5, 5.41) is 8.91. The van der Waals surface area contributed by atoms with Crippen LogP contribution in [0.3, 0.4) is 0 Å². The molecule has 344 valence electrons. The van der Waals surface area contributed by atoms with E-state index in [1.165, 1.54) is 109 Å². The number of nitrogens with two attached hydrogens (primary N) is 1. The quantitative estimate of drug-likeness (QED) is 0.0233. The first kappa shape index (κ1) is 56.9. The molecule has 0 aliphatic carbocycles. The van der Waals surface area contributed by atoms with Crippen LogP contribution >= 0.6 is 7.82 Å². The molecule has 0 radical (unpaired) electrons. The van der Waals surface area contributed by atoms with Gasteiger partial charge in [-0.3, -0.25) is 18.6 Å². The van der Waals surface area contributed by atoms with Gasteiger partial charge in [0.25, 0.3) is 0 Å². The number of carboxylic acid groups (broad SMARTS) is 1. The van der Waals surface area contributed by atoms with Gasteiger partial charge in [-0.05, 0) is 70.6 Å². The lowest BCUT2D eigenvalue weighted by Crippen LogP contribution is -2.34. The average Bonchev–Trinajstić information content (AvgIpc) is 3.21. The van der Waals surface area contributed by atoms with E-state index in [4.69, 9.17) is 29.4 Å². The van der Waals surface area contributed by atoms with Crippen LogP contribution in [0.2, 0.25) is 0 Å². The Morgan fingerprint density at radius 2 is 0.983 bits per heavy atom. The maximum atomic E-state index is 12.6. The molecule has 0 saturated heterocycles. The third-order valence-corrected chi connectivity index (χ3v) is 11.0. The van der Waals surface area contributed by atoms with Gasteiger partial charge >= 0.3 is 19.8 Å². The van der Waals surface area contributed by atoms with E-state index >= 15 is 0 Å². The Bertz CT molecular complexity index is 1130. The van der Waals surface area contributed by atoms with E-state index in [1.807, 2.05) is 0 Å². The van der Waals surface area contributed by atoms with Gasteiger partial charge < -0.3 is 25.2 Å². The number of phosphoric acid groups is 1. The van der Waals surface area contributed by atoms with E-state index in [0.29, 0.717) is 13.0 Å². The highest BCUT2D eigenvalue weighted by atomic mass is 31.2. The van der Waals surface area contributed by atoms with E-state index < -0.39 is 45.1 Å². The van der Waals surface area contributed by atoms with E-state index in [0.717, 1.165) is 70.6 Å². The first-order valence-corrected chi connectivity index (χ1v) is 25.2. The maximum absolute atomic E-state index is 12.6. The number of aliphatic carboxylic acids is 1. The largest absolute Gasteiger partial charge is 0.480 e. The van der Waals surface area contributed by atoms with E-state index in [2.05, 4.69) is 62.5 Å². The number of unbranched alkanes of at least 4 members (excludes halogenated alkanes) is 23. The predicted octanol–water partition coefficient (Wildman–Crippen LogP) is 13.4. The number of carbonyl (C=O) groups is 2. The normalized spacial score (nSPS) is 14.2. The van der Waals surface area contributed by atoms with Gasteiger partial charge in [-0.1, -0.05) is 178 Å². The monoisotopic (exact) mass is 854 g/mol. The second-order valence-electron chi connectivity index (χ2n) is 15.9. The van der Waals surface area contributed by atoms with Crippen LogP contribution in [0.25, 0.3) is 0 Å². The summed E-state index contributed by atoms with van der Waals surface area (Å²) in [6.45, 7) is 3.76. The summed E-state index contributed by atoms with van der Waals surface area (Å²) >= 11 is 0. The first-order valence-electron chi connectivity index (χ1n) is 23.7. The number of hydrogen-bond acceptors (Lipinski definition) is 8. The van der Waals surface area contributed by atoms with Gasteiger partial charge in [0.15, 0.2) is 0 Å². The molecule has 0 aliphatic rings. The second-order valence-corrected chi connectivity index (χ2v) is 17.3. The number of esters is 1. The van der Waals surface area contributed by atoms with Gasteiger partial charge in [0.05, 0.1) is 19.8 Å². The molecular weight excluding hydrogens is 766 g/mol. The van der Waals surface area contributed by atoms with Crippen molar-refractivity contribution in [2.45, 2.75) is 219 Å². The Labute approximate surface area is 360 Å². The number of phosphoric ester groups is 1. The van der Waals surface area contributed by atoms with Crippen molar-refractivity contribution in [3.8, 4) is 0 Å². The lowest BCUT2D eigenvalue weighted by molar-refractivity contribution is -0.154. The van der Waals surface area contributed by atoms with Crippen LogP contribution in [0.15, 0.2) is 48.6 Å². The van der Waals surface area contributed by atoms with Crippen LogP contribution in [-0.2, 0) is 32.7 Å². The van der Waals surface area contributed by atoms with Crippen molar-refractivity contribution >= 4 is 19.8 Å². The lowest BCUT2D eigenvalue weighted by atomic mass is 10.1. The minimum absolute atomic E-state index is 0.00857. The first-order chi connectivity index (χ1) is 28.7. The molecule has 0 aromatic rings. The van der Waals surface area contributed by atoms with Crippen LogP contribution in [-0.4, -0.2) is 60.5 Å². The molecule has 0 spiro atoms. The zero-order valence-electron chi connectivity index (χ0n) is 37.6. The molecule has 0 bridgehead atoms. The molecule has 0 amide bonds. The van der Waals surface area contributed by atoms with Crippen molar-refractivity contribution < 1.29 is 42.7 Å². The Kier molecular flexibility index (Phi) is 42.5. The summed E-state index contributed by atoms with van der Waals surface area (Å²) in [6.07, 6.45) is 51.7. The topological polar surface area (TPSA) is 155 Å². The molecule has 0 aromatic carbocycles. The summed E-state index contributed by atoms with van der Waals surface area (Å²) < 4.78 is 33.4.